The van der Waals surface area contributed by atoms with Crippen molar-refractivity contribution in [2.24, 2.45) is 0 Å². The Balaban J connectivity index is 0.973. The van der Waals surface area contributed by atoms with Gasteiger partial charge in [0.05, 0.1) is 0 Å². The fourth-order valence-corrected chi connectivity index (χ4v) is 7.73. The highest BCUT2D eigenvalue weighted by Gasteiger charge is 2.17. The molecule has 56 heavy (non-hydrogen) atoms. The molecule has 0 radical (unpaired) electrons. The molecule has 11 aromatic rings. The van der Waals surface area contributed by atoms with Crippen LogP contribution >= 0.6 is 0 Å². The predicted molar refractivity (Wildman–Crippen MR) is 227 cm³/mol. The average Bonchev–Trinajstić information content (AvgIpc) is 3.85. The molecule has 0 unspecified atom stereocenters. The molecule has 0 spiro atoms. The van der Waals surface area contributed by atoms with Crippen molar-refractivity contribution >= 4 is 43.9 Å². The average molecular weight is 718 g/mol. The minimum Gasteiger partial charge on any atom is -0.456 e. The molecular formula is C51H31N3O2. The van der Waals surface area contributed by atoms with Gasteiger partial charge in [-0.25, -0.2) is 15.0 Å². The van der Waals surface area contributed by atoms with Crippen LogP contribution in [0, 0.1) is 0 Å². The molecule has 5 heteroatoms. The Morgan fingerprint density at radius 2 is 0.786 bits per heavy atom. The quantitative estimate of drug-likeness (QED) is 0.171. The fraction of sp³-hybridized carbons (Fsp3) is 0. The van der Waals surface area contributed by atoms with E-state index in [9.17, 15) is 0 Å². The van der Waals surface area contributed by atoms with E-state index in [4.69, 9.17) is 23.8 Å². The van der Waals surface area contributed by atoms with Crippen molar-refractivity contribution in [2.75, 3.05) is 0 Å². The van der Waals surface area contributed by atoms with Crippen molar-refractivity contribution in [1.82, 2.24) is 15.0 Å². The summed E-state index contributed by atoms with van der Waals surface area (Å²) in [5.74, 6) is 1.77. The molecule has 0 saturated heterocycles. The smallest absolute Gasteiger partial charge is 0.164 e. The lowest BCUT2D eigenvalue weighted by Crippen LogP contribution is -2.00. The van der Waals surface area contributed by atoms with Crippen LogP contribution in [0.25, 0.3) is 111 Å². The fourth-order valence-electron chi connectivity index (χ4n) is 7.73. The van der Waals surface area contributed by atoms with Gasteiger partial charge < -0.3 is 8.83 Å². The monoisotopic (exact) mass is 717 g/mol. The number of aromatic nitrogens is 3. The summed E-state index contributed by atoms with van der Waals surface area (Å²) in [6, 6.07) is 64.6. The molecule has 0 fully saturated rings. The third-order valence-corrected chi connectivity index (χ3v) is 10.6. The second-order valence-corrected chi connectivity index (χ2v) is 14.0. The highest BCUT2D eigenvalue weighted by atomic mass is 16.3. The second-order valence-electron chi connectivity index (χ2n) is 14.0. The summed E-state index contributed by atoms with van der Waals surface area (Å²) in [7, 11) is 0. The lowest BCUT2D eigenvalue weighted by molar-refractivity contribution is 0.669. The van der Waals surface area contributed by atoms with E-state index in [0.717, 1.165) is 82.8 Å². The van der Waals surface area contributed by atoms with E-state index in [0.29, 0.717) is 17.5 Å². The van der Waals surface area contributed by atoms with Crippen LogP contribution in [0.15, 0.2) is 197 Å². The summed E-state index contributed by atoms with van der Waals surface area (Å²) in [5.41, 5.74) is 12.8. The zero-order valence-corrected chi connectivity index (χ0v) is 30.1. The van der Waals surface area contributed by atoms with Gasteiger partial charge >= 0.3 is 0 Å². The van der Waals surface area contributed by atoms with E-state index in [1.54, 1.807) is 0 Å². The number of benzene rings is 8. The molecule has 3 heterocycles. The van der Waals surface area contributed by atoms with E-state index in [1.165, 1.54) is 11.1 Å². The molecular weight excluding hydrogens is 687 g/mol. The number of para-hydroxylation sites is 2. The van der Waals surface area contributed by atoms with Gasteiger partial charge in [0.15, 0.2) is 17.5 Å². The summed E-state index contributed by atoms with van der Waals surface area (Å²) in [6.07, 6.45) is 0. The van der Waals surface area contributed by atoms with Crippen LogP contribution in [0.2, 0.25) is 0 Å². The molecule has 5 nitrogen and oxygen atoms in total. The van der Waals surface area contributed by atoms with Gasteiger partial charge in [-0.2, -0.15) is 0 Å². The second kappa shape index (κ2) is 13.0. The Morgan fingerprint density at radius 3 is 1.57 bits per heavy atom. The number of rotatable bonds is 6. The van der Waals surface area contributed by atoms with Gasteiger partial charge in [-0.1, -0.05) is 152 Å². The first-order valence-electron chi connectivity index (χ1n) is 18.7. The van der Waals surface area contributed by atoms with Crippen LogP contribution in [0.3, 0.4) is 0 Å². The third-order valence-electron chi connectivity index (χ3n) is 10.6. The molecule has 11 rings (SSSR count). The molecule has 0 aliphatic rings. The predicted octanol–water partition coefficient (Wildman–Crippen LogP) is 13.7. The van der Waals surface area contributed by atoms with E-state index >= 15 is 0 Å². The maximum atomic E-state index is 6.45. The Morgan fingerprint density at radius 1 is 0.268 bits per heavy atom. The van der Waals surface area contributed by atoms with Crippen molar-refractivity contribution < 1.29 is 8.83 Å². The summed E-state index contributed by atoms with van der Waals surface area (Å²) < 4.78 is 12.8. The van der Waals surface area contributed by atoms with E-state index < -0.39 is 0 Å². The molecule has 8 aromatic carbocycles. The highest BCUT2D eigenvalue weighted by molar-refractivity contribution is 6.10. The standard InChI is InChI=1S/C51H31N3O2/c1-3-11-32(12-4-1)36-15-9-16-37(29-36)38-26-28-46-44(30-38)42-27-25-39(31-47(42)55-46)51-53-49(34-13-5-2-6-14-34)52-50(54-51)35-23-21-33(22-24-35)40-18-10-19-43-41-17-7-8-20-45(41)56-48(40)43/h1-31H. The molecule has 0 aliphatic heterocycles. The van der Waals surface area contributed by atoms with Crippen LogP contribution in [0.5, 0.6) is 0 Å². The molecule has 3 aromatic heterocycles. The van der Waals surface area contributed by atoms with Crippen LogP contribution in [-0.4, -0.2) is 15.0 Å². The van der Waals surface area contributed by atoms with Crippen LogP contribution in [0.4, 0.5) is 0 Å². The van der Waals surface area contributed by atoms with Gasteiger partial charge in [-0.15, -0.1) is 0 Å². The van der Waals surface area contributed by atoms with E-state index in [1.807, 2.05) is 60.7 Å². The van der Waals surface area contributed by atoms with Crippen molar-refractivity contribution in [1.29, 1.82) is 0 Å². The van der Waals surface area contributed by atoms with Gasteiger partial charge in [-0.05, 0) is 64.2 Å². The molecule has 0 N–H and O–H groups in total. The van der Waals surface area contributed by atoms with Gasteiger partial charge in [0.2, 0.25) is 0 Å². The number of nitrogens with zero attached hydrogens (tertiary/aromatic N) is 3. The van der Waals surface area contributed by atoms with Gasteiger partial charge in [0.1, 0.15) is 22.3 Å². The maximum absolute atomic E-state index is 6.45. The van der Waals surface area contributed by atoms with Crippen molar-refractivity contribution in [3.8, 4) is 67.5 Å². The third kappa shape index (κ3) is 5.53. The number of hydrogen-bond acceptors (Lipinski definition) is 5. The summed E-state index contributed by atoms with van der Waals surface area (Å²) >= 11 is 0. The molecule has 0 amide bonds. The van der Waals surface area contributed by atoms with Gasteiger partial charge in [-0.3, -0.25) is 0 Å². The minimum absolute atomic E-state index is 0.575. The molecule has 0 aliphatic carbocycles. The van der Waals surface area contributed by atoms with Crippen molar-refractivity contribution in [3.63, 3.8) is 0 Å². The Hall–Kier alpha value is -7.63. The maximum Gasteiger partial charge on any atom is 0.164 e. The van der Waals surface area contributed by atoms with E-state index in [-0.39, 0.29) is 0 Å². The first-order chi connectivity index (χ1) is 27.7. The lowest BCUT2D eigenvalue weighted by Gasteiger charge is -2.09. The first kappa shape index (κ1) is 31.9. The Labute approximate surface area is 322 Å². The summed E-state index contributed by atoms with van der Waals surface area (Å²) in [5, 5.41) is 4.32. The topological polar surface area (TPSA) is 65.0 Å². The molecule has 0 atom stereocenters. The summed E-state index contributed by atoms with van der Waals surface area (Å²) in [4.78, 5) is 15.0. The van der Waals surface area contributed by atoms with Crippen LogP contribution < -0.4 is 0 Å². The van der Waals surface area contributed by atoms with Crippen molar-refractivity contribution in [3.05, 3.63) is 188 Å². The minimum atomic E-state index is 0.575. The number of hydrogen-bond donors (Lipinski definition) is 0. The number of fused-ring (bicyclic) bond motifs is 6. The highest BCUT2D eigenvalue weighted by Crippen LogP contribution is 2.38. The summed E-state index contributed by atoms with van der Waals surface area (Å²) in [6.45, 7) is 0. The van der Waals surface area contributed by atoms with Gasteiger partial charge in [0.25, 0.3) is 0 Å². The zero-order chi connectivity index (χ0) is 37.0. The Kier molecular flexibility index (Phi) is 7.42. The molecule has 262 valence electrons. The van der Waals surface area contributed by atoms with E-state index in [2.05, 4.69) is 127 Å². The van der Waals surface area contributed by atoms with Gasteiger partial charge in [0, 0.05) is 43.8 Å². The number of furan rings is 2. The molecule has 0 bridgehead atoms. The SMILES string of the molecule is c1ccc(-c2cccc(-c3ccc4oc5cc(-c6nc(-c7ccccc7)nc(-c7ccc(-c8cccc9c8oc8ccccc89)cc7)n6)ccc5c4c3)c2)cc1. The van der Waals surface area contributed by atoms with Crippen molar-refractivity contribution in [2.45, 2.75) is 0 Å². The zero-order valence-electron chi connectivity index (χ0n) is 30.1. The van der Waals surface area contributed by atoms with Crippen LogP contribution in [0.1, 0.15) is 0 Å². The molecule has 0 saturated carbocycles. The first-order valence-corrected chi connectivity index (χ1v) is 18.7. The Bertz CT molecular complexity index is 3240. The van der Waals surface area contributed by atoms with Crippen LogP contribution in [-0.2, 0) is 0 Å². The lowest BCUT2D eigenvalue weighted by atomic mass is 9.98. The normalized spacial score (nSPS) is 11.6. The largest absolute Gasteiger partial charge is 0.456 e.